The van der Waals surface area contributed by atoms with Crippen LogP contribution in [0.2, 0.25) is 0 Å². The summed E-state index contributed by atoms with van der Waals surface area (Å²) in [7, 11) is 0. The number of hydrogen-bond donors (Lipinski definition) is 0. The number of hydrogen-bond acceptors (Lipinski definition) is 3. The topological polar surface area (TPSA) is 17.1 Å². The van der Waals surface area contributed by atoms with Gasteiger partial charge in [0.1, 0.15) is 5.78 Å². The Kier molecular flexibility index (Phi) is 5.25. The van der Waals surface area contributed by atoms with Gasteiger partial charge in [-0.15, -0.1) is 23.5 Å². The third kappa shape index (κ3) is 3.41. The Morgan fingerprint density at radius 1 is 0.917 bits per heavy atom. The van der Waals surface area contributed by atoms with Crippen molar-refractivity contribution in [1.29, 1.82) is 0 Å². The first-order chi connectivity index (χ1) is 10.8. The largest absolute Gasteiger partial charge is 0.459 e. The van der Waals surface area contributed by atoms with E-state index in [1.54, 1.807) is 23.5 Å². The molecule has 10 heteroatoms. The summed E-state index contributed by atoms with van der Waals surface area (Å²) < 4.78 is 90.8. The molecule has 0 aromatic heterocycles. The van der Waals surface area contributed by atoms with Gasteiger partial charge in [0.05, 0.1) is 4.08 Å². The van der Waals surface area contributed by atoms with Crippen molar-refractivity contribution >= 4 is 29.3 Å². The zero-order chi connectivity index (χ0) is 18.4. The zero-order valence-electron chi connectivity index (χ0n) is 12.8. The monoisotopic (exact) mass is 398 g/mol. The summed E-state index contributed by atoms with van der Waals surface area (Å²) in [6.07, 6.45) is -7.60. The maximum Gasteiger partial charge on any atom is 0.459 e. The van der Waals surface area contributed by atoms with Gasteiger partial charge in [-0.2, -0.15) is 30.7 Å². The molecular weight excluding hydrogens is 381 g/mol. The molecule has 1 spiro atoms. The Hall–Kier alpha value is -0.120. The Balaban J connectivity index is 2.22. The molecule has 1 aliphatic heterocycles. The van der Waals surface area contributed by atoms with Crippen LogP contribution in [0.4, 0.5) is 30.7 Å². The first-order valence-electron chi connectivity index (χ1n) is 7.38. The van der Waals surface area contributed by atoms with Crippen molar-refractivity contribution in [3.05, 3.63) is 0 Å². The predicted molar refractivity (Wildman–Crippen MR) is 79.8 cm³/mol. The maximum absolute atomic E-state index is 13.8. The average molecular weight is 398 g/mol. The highest BCUT2D eigenvalue weighted by Gasteiger charge is 2.74. The van der Waals surface area contributed by atoms with E-state index in [1.165, 1.54) is 0 Å². The van der Waals surface area contributed by atoms with E-state index in [4.69, 9.17) is 0 Å². The molecule has 2 rings (SSSR count). The number of halogens is 7. The number of Topliss-reactive ketones (excluding diaryl/α,β-unsaturated/α-hetero) is 1. The minimum absolute atomic E-state index is 0.0914. The summed E-state index contributed by atoms with van der Waals surface area (Å²) in [4.78, 5) is 11.9. The fourth-order valence-electron chi connectivity index (χ4n) is 3.29. The molecule has 1 heterocycles. The Labute approximate surface area is 143 Å². The van der Waals surface area contributed by atoms with Crippen LogP contribution in [-0.4, -0.2) is 39.4 Å². The van der Waals surface area contributed by atoms with Crippen molar-refractivity contribution in [2.45, 2.75) is 61.1 Å². The van der Waals surface area contributed by atoms with Crippen LogP contribution in [0.3, 0.4) is 0 Å². The fraction of sp³-hybridized carbons (Fsp3) is 0.929. The molecule has 1 saturated heterocycles. The molecule has 0 aromatic carbocycles. The standard InChI is InChI=1S/C14H17F7OS2/c1-9(22)10(2-4-11(5-3-10)23-6-7-24-11)8-12(15,16)13(17,18)14(19,20)21/h2-8H2,1H3. The van der Waals surface area contributed by atoms with Crippen LogP contribution in [-0.2, 0) is 4.79 Å². The van der Waals surface area contributed by atoms with Crippen molar-refractivity contribution in [3.63, 3.8) is 0 Å². The van der Waals surface area contributed by atoms with Crippen LogP contribution < -0.4 is 0 Å². The molecule has 0 N–H and O–H groups in total. The number of alkyl halides is 7. The third-order valence-electron chi connectivity index (χ3n) is 4.91. The lowest BCUT2D eigenvalue weighted by Crippen LogP contribution is -2.55. The summed E-state index contributed by atoms with van der Waals surface area (Å²) in [5, 5.41) is 0. The number of rotatable bonds is 4. The van der Waals surface area contributed by atoms with Crippen molar-refractivity contribution < 1.29 is 35.5 Å². The molecule has 24 heavy (non-hydrogen) atoms. The molecule has 0 radical (unpaired) electrons. The van der Waals surface area contributed by atoms with E-state index < -0.39 is 35.6 Å². The third-order valence-corrected chi connectivity index (χ3v) is 8.56. The van der Waals surface area contributed by atoms with Crippen molar-refractivity contribution in [3.8, 4) is 0 Å². The smallest absolute Gasteiger partial charge is 0.299 e. The summed E-state index contributed by atoms with van der Waals surface area (Å²) in [5.41, 5.74) is -1.83. The van der Waals surface area contributed by atoms with E-state index in [0.717, 1.165) is 18.4 Å². The van der Waals surface area contributed by atoms with Gasteiger partial charge in [0.2, 0.25) is 0 Å². The van der Waals surface area contributed by atoms with Crippen LogP contribution in [0, 0.1) is 5.41 Å². The Morgan fingerprint density at radius 3 is 1.75 bits per heavy atom. The van der Waals surface area contributed by atoms with E-state index in [2.05, 4.69) is 0 Å². The number of carbonyl (C=O) groups excluding carboxylic acids is 1. The molecular formula is C14H17F7OS2. The molecule has 2 fully saturated rings. The van der Waals surface area contributed by atoms with Crippen LogP contribution in [0.25, 0.3) is 0 Å². The quantitative estimate of drug-likeness (QED) is 0.579. The zero-order valence-corrected chi connectivity index (χ0v) is 14.5. The SMILES string of the molecule is CC(=O)C1(CC(F)(F)C(F)(F)C(F)(F)F)CCC2(CC1)SCCS2. The molecule has 0 bridgehead atoms. The van der Waals surface area contributed by atoms with Gasteiger partial charge >= 0.3 is 18.0 Å². The lowest BCUT2D eigenvalue weighted by molar-refractivity contribution is -0.359. The molecule has 1 nitrogen and oxygen atoms in total. The van der Waals surface area contributed by atoms with Crippen molar-refractivity contribution in [1.82, 2.24) is 0 Å². The van der Waals surface area contributed by atoms with Gasteiger partial charge in [-0.05, 0) is 32.6 Å². The number of ketones is 1. The maximum atomic E-state index is 13.8. The van der Waals surface area contributed by atoms with E-state index in [9.17, 15) is 35.5 Å². The second kappa shape index (κ2) is 6.25. The number of carbonyl (C=O) groups is 1. The predicted octanol–water partition coefficient (Wildman–Crippen LogP) is 5.54. The second-order valence-corrected chi connectivity index (χ2v) is 9.61. The highest BCUT2D eigenvalue weighted by molar-refractivity contribution is 8.21. The number of thioether (sulfide) groups is 2. The molecule has 0 aromatic rings. The molecule has 1 saturated carbocycles. The average Bonchev–Trinajstić information content (AvgIpc) is 2.88. The summed E-state index contributed by atoms with van der Waals surface area (Å²) in [6.45, 7) is 0.995. The van der Waals surface area contributed by atoms with E-state index >= 15 is 0 Å². The minimum Gasteiger partial charge on any atom is -0.299 e. The summed E-state index contributed by atoms with van der Waals surface area (Å²) in [5.74, 6) is -10.5. The van der Waals surface area contributed by atoms with Gasteiger partial charge in [-0.25, -0.2) is 0 Å². The normalized spacial score (nSPS) is 24.3. The molecule has 0 atom stereocenters. The molecule has 140 valence electrons. The first kappa shape index (κ1) is 20.2. The second-order valence-electron chi connectivity index (χ2n) is 6.40. The highest BCUT2D eigenvalue weighted by Crippen LogP contribution is 2.60. The Morgan fingerprint density at radius 2 is 1.38 bits per heavy atom. The lowest BCUT2D eigenvalue weighted by Gasteiger charge is -2.44. The molecule has 0 unspecified atom stereocenters. The first-order valence-corrected chi connectivity index (χ1v) is 9.36. The van der Waals surface area contributed by atoms with Gasteiger partial charge in [0, 0.05) is 23.3 Å². The van der Waals surface area contributed by atoms with Gasteiger partial charge in [-0.1, -0.05) is 0 Å². The molecule has 1 aliphatic carbocycles. The van der Waals surface area contributed by atoms with Crippen molar-refractivity contribution in [2.24, 2.45) is 5.41 Å². The summed E-state index contributed by atoms with van der Waals surface area (Å²) >= 11 is 3.28. The van der Waals surface area contributed by atoms with Crippen LogP contribution in [0.1, 0.15) is 39.0 Å². The highest BCUT2D eigenvalue weighted by atomic mass is 32.2. The van der Waals surface area contributed by atoms with E-state index in [-0.39, 0.29) is 16.9 Å². The van der Waals surface area contributed by atoms with E-state index in [1.807, 2.05) is 0 Å². The van der Waals surface area contributed by atoms with Gasteiger partial charge in [-0.3, -0.25) is 4.79 Å². The van der Waals surface area contributed by atoms with Crippen LogP contribution in [0.5, 0.6) is 0 Å². The molecule has 2 aliphatic rings. The van der Waals surface area contributed by atoms with Gasteiger partial charge in [0.25, 0.3) is 0 Å². The van der Waals surface area contributed by atoms with Crippen molar-refractivity contribution in [2.75, 3.05) is 11.5 Å². The lowest BCUT2D eigenvalue weighted by atomic mass is 9.67. The van der Waals surface area contributed by atoms with Gasteiger partial charge < -0.3 is 0 Å². The fourth-order valence-corrected chi connectivity index (χ4v) is 6.52. The minimum atomic E-state index is -6.36. The van der Waals surface area contributed by atoms with Crippen LogP contribution in [0.15, 0.2) is 0 Å². The van der Waals surface area contributed by atoms with E-state index in [0.29, 0.717) is 12.8 Å². The van der Waals surface area contributed by atoms with Crippen LogP contribution >= 0.6 is 23.5 Å². The Bertz CT molecular complexity index is 488. The summed E-state index contributed by atoms with van der Waals surface area (Å²) in [6, 6.07) is 0. The molecule has 0 amide bonds. The van der Waals surface area contributed by atoms with Gasteiger partial charge in [0.15, 0.2) is 0 Å².